The lowest BCUT2D eigenvalue weighted by molar-refractivity contribution is -0.149. The predicted octanol–water partition coefficient (Wildman–Crippen LogP) is 1.83. The van der Waals surface area contributed by atoms with Crippen LogP contribution in [0.25, 0.3) is 0 Å². The van der Waals surface area contributed by atoms with Crippen LogP contribution in [-0.4, -0.2) is 37.2 Å². The fourth-order valence-electron chi connectivity index (χ4n) is 2.03. The molecule has 4 heteroatoms. The number of nitrogens with zero attached hydrogens (tertiary/aromatic N) is 1. The van der Waals surface area contributed by atoms with Crippen LogP contribution in [0.3, 0.4) is 0 Å². The van der Waals surface area contributed by atoms with E-state index in [0.29, 0.717) is 13.1 Å². The molecule has 1 saturated heterocycles. The number of methoxy groups -OCH3 is 1. The Hall–Kier alpha value is -1.55. The van der Waals surface area contributed by atoms with Gasteiger partial charge in [-0.3, -0.25) is 4.79 Å². The Morgan fingerprint density at radius 3 is 2.72 bits per heavy atom. The minimum Gasteiger partial charge on any atom is -0.497 e. The Labute approximate surface area is 107 Å². The van der Waals surface area contributed by atoms with Gasteiger partial charge in [-0.1, -0.05) is 19.1 Å². The molecule has 4 nitrogen and oxygen atoms in total. The molecule has 98 valence electrons. The van der Waals surface area contributed by atoms with Gasteiger partial charge < -0.3 is 14.4 Å². The Morgan fingerprint density at radius 1 is 1.39 bits per heavy atom. The third-order valence-corrected chi connectivity index (χ3v) is 3.21. The van der Waals surface area contributed by atoms with Crippen molar-refractivity contribution < 1.29 is 14.3 Å². The maximum absolute atomic E-state index is 11.8. The van der Waals surface area contributed by atoms with Gasteiger partial charge in [0.15, 0.2) is 0 Å². The second kappa shape index (κ2) is 5.87. The summed E-state index contributed by atoms with van der Waals surface area (Å²) >= 11 is 0. The molecule has 2 rings (SSSR count). The monoisotopic (exact) mass is 249 g/mol. The molecule has 1 unspecified atom stereocenters. The molecular weight excluding hydrogens is 230 g/mol. The largest absolute Gasteiger partial charge is 0.497 e. The zero-order valence-electron chi connectivity index (χ0n) is 10.9. The van der Waals surface area contributed by atoms with Crippen LogP contribution in [0.1, 0.15) is 18.9 Å². The first-order valence-electron chi connectivity index (χ1n) is 6.25. The van der Waals surface area contributed by atoms with Crippen molar-refractivity contribution in [2.24, 2.45) is 0 Å². The van der Waals surface area contributed by atoms with Crippen molar-refractivity contribution in [1.82, 2.24) is 4.90 Å². The van der Waals surface area contributed by atoms with Crippen molar-refractivity contribution in [1.29, 1.82) is 0 Å². The third kappa shape index (κ3) is 3.01. The minimum atomic E-state index is 0.0653. The molecule has 1 fully saturated rings. The highest BCUT2D eigenvalue weighted by atomic mass is 16.5. The topological polar surface area (TPSA) is 38.8 Å². The summed E-state index contributed by atoms with van der Waals surface area (Å²) in [4.78, 5) is 13.6. The third-order valence-electron chi connectivity index (χ3n) is 3.21. The van der Waals surface area contributed by atoms with Gasteiger partial charge in [-0.05, 0) is 24.1 Å². The smallest absolute Gasteiger partial charge is 0.248 e. The van der Waals surface area contributed by atoms with E-state index in [-0.39, 0.29) is 18.6 Å². The van der Waals surface area contributed by atoms with Crippen LogP contribution >= 0.6 is 0 Å². The highest BCUT2D eigenvalue weighted by molar-refractivity contribution is 5.78. The molecule has 1 atom stereocenters. The molecule has 0 bridgehead atoms. The van der Waals surface area contributed by atoms with E-state index in [1.165, 1.54) is 0 Å². The van der Waals surface area contributed by atoms with Crippen LogP contribution in [0, 0.1) is 0 Å². The van der Waals surface area contributed by atoms with E-state index in [9.17, 15) is 4.79 Å². The van der Waals surface area contributed by atoms with Gasteiger partial charge in [-0.2, -0.15) is 0 Å². The van der Waals surface area contributed by atoms with Crippen molar-refractivity contribution in [2.75, 3.05) is 20.3 Å². The van der Waals surface area contributed by atoms with E-state index in [2.05, 4.69) is 6.92 Å². The first kappa shape index (κ1) is 12.9. The van der Waals surface area contributed by atoms with Gasteiger partial charge in [0.25, 0.3) is 0 Å². The minimum absolute atomic E-state index is 0.0653. The fraction of sp³-hybridized carbons (Fsp3) is 0.500. The van der Waals surface area contributed by atoms with Gasteiger partial charge in [0.1, 0.15) is 12.4 Å². The number of carbonyl (C=O) groups is 1. The average molecular weight is 249 g/mol. The summed E-state index contributed by atoms with van der Waals surface area (Å²) in [5, 5.41) is 0. The second-order valence-electron chi connectivity index (χ2n) is 4.46. The summed E-state index contributed by atoms with van der Waals surface area (Å²) in [7, 11) is 1.65. The number of carbonyl (C=O) groups excluding carboxylic acids is 1. The summed E-state index contributed by atoms with van der Waals surface area (Å²) in [5.74, 6) is 0.897. The Morgan fingerprint density at radius 2 is 2.11 bits per heavy atom. The lowest BCUT2D eigenvalue weighted by atomic mass is 10.1. The number of amides is 1. The molecule has 1 aromatic carbocycles. The Bertz CT molecular complexity index is 402. The zero-order chi connectivity index (χ0) is 13.0. The normalized spacial score (nSPS) is 20.0. The van der Waals surface area contributed by atoms with E-state index in [1.54, 1.807) is 7.11 Å². The van der Waals surface area contributed by atoms with Gasteiger partial charge in [-0.15, -0.1) is 0 Å². The first-order chi connectivity index (χ1) is 8.72. The second-order valence-corrected chi connectivity index (χ2v) is 4.46. The van der Waals surface area contributed by atoms with Gasteiger partial charge in [0.2, 0.25) is 5.91 Å². The maximum Gasteiger partial charge on any atom is 0.248 e. The number of rotatable bonds is 4. The molecule has 1 aliphatic heterocycles. The number of benzene rings is 1. The number of morpholine rings is 1. The molecule has 1 amide bonds. The molecule has 18 heavy (non-hydrogen) atoms. The van der Waals surface area contributed by atoms with Crippen LogP contribution in [-0.2, 0) is 16.1 Å². The first-order valence-corrected chi connectivity index (χ1v) is 6.25. The van der Waals surface area contributed by atoms with Crippen molar-refractivity contribution >= 4 is 5.91 Å². The van der Waals surface area contributed by atoms with E-state index in [0.717, 1.165) is 17.7 Å². The molecule has 0 spiro atoms. The van der Waals surface area contributed by atoms with Crippen LogP contribution in [0.2, 0.25) is 0 Å². The highest BCUT2D eigenvalue weighted by Crippen LogP contribution is 2.16. The van der Waals surface area contributed by atoms with Gasteiger partial charge in [0.05, 0.1) is 13.2 Å². The molecule has 0 aliphatic carbocycles. The van der Waals surface area contributed by atoms with Crippen molar-refractivity contribution in [3.63, 3.8) is 0 Å². The lowest BCUT2D eigenvalue weighted by Gasteiger charge is -2.32. The van der Waals surface area contributed by atoms with Crippen molar-refractivity contribution in [3.8, 4) is 5.75 Å². The number of hydrogen-bond acceptors (Lipinski definition) is 3. The van der Waals surface area contributed by atoms with Crippen LogP contribution in [0.5, 0.6) is 5.75 Å². The summed E-state index contributed by atoms with van der Waals surface area (Å²) in [5.41, 5.74) is 1.11. The van der Waals surface area contributed by atoms with Crippen LogP contribution in [0.4, 0.5) is 0 Å². The molecule has 0 aromatic heterocycles. The van der Waals surface area contributed by atoms with E-state index in [4.69, 9.17) is 9.47 Å². The summed E-state index contributed by atoms with van der Waals surface area (Å²) in [6.45, 7) is 3.60. The molecule has 0 N–H and O–H groups in total. The molecule has 1 aromatic rings. The summed E-state index contributed by atoms with van der Waals surface area (Å²) in [6, 6.07) is 7.81. The van der Waals surface area contributed by atoms with Gasteiger partial charge >= 0.3 is 0 Å². The molecule has 0 saturated carbocycles. The SMILES string of the molecule is CCC1CN(Cc2ccc(OC)cc2)C(=O)CO1. The molecule has 0 radical (unpaired) electrons. The van der Waals surface area contributed by atoms with Crippen molar-refractivity contribution in [2.45, 2.75) is 26.0 Å². The van der Waals surface area contributed by atoms with Crippen LogP contribution < -0.4 is 4.74 Å². The highest BCUT2D eigenvalue weighted by Gasteiger charge is 2.24. The Kier molecular flexibility index (Phi) is 4.20. The quantitative estimate of drug-likeness (QED) is 0.817. The Balaban J connectivity index is 2.00. The predicted molar refractivity (Wildman–Crippen MR) is 68.4 cm³/mol. The number of ether oxygens (including phenoxy) is 2. The van der Waals surface area contributed by atoms with Gasteiger partial charge in [-0.25, -0.2) is 0 Å². The van der Waals surface area contributed by atoms with Gasteiger partial charge in [0, 0.05) is 13.1 Å². The average Bonchev–Trinajstić information content (AvgIpc) is 2.42. The number of hydrogen-bond donors (Lipinski definition) is 0. The van der Waals surface area contributed by atoms with E-state index < -0.39 is 0 Å². The molecular formula is C14H19NO3. The van der Waals surface area contributed by atoms with E-state index in [1.807, 2.05) is 29.2 Å². The maximum atomic E-state index is 11.8. The lowest BCUT2D eigenvalue weighted by Crippen LogP contribution is -2.45. The fourth-order valence-corrected chi connectivity index (χ4v) is 2.03. The zero-order valence-corrected chi connectivity index (χ0v) is 10.9. The van der Waals surface area contributed by atoms with Crippen LogP contribution in [0.15, 0.2) is 24.3 Å². The summed E-state index contributed by atoms with van der Waals surface area (Å²) < 4.78 is 10.5. The standard InChI is InChI=1S/C14H19NO3/c1-3-12-9-15(14(16)10-18-12)8-11-4-6-13(17-2)7-5-11/h4-7,12H,3,8-10H2,1-2H3. The van der Waals surface area contributed by atoms with Crippen molar-refractivity contribution in [3.05, 3.63) is 29.8 Å². The molecule has 1 heterocycles. The van der Waals surface area contributed by atoms with E-state index >= 15 is 0 Å². The molecule has 1 aliphatic rings. The summed E-state index contributed by atoms with van der Waals surface area (Å²) in [6.07, 6.45) is 1.10.